The third-order valence-corrected chi connectivity index (χ3v) is 2.34. The van der Waals surface area contributed by atoms with E-state index in [2.05, 4.69) is 26.2 Å². The molecular formula is C10H15BrN2O. The van der Waals surface area contributed by atoms with Crippen molar-refractivity contribution in [3.8, 4) is 0 Å². The molecule has 0 aliphatic carbocycles. The van der Waals surface area contributed by atoms with E-state index in [1.165, 1.54) is 0 Å². The lowest BCUT2D eigenvalue weighted by Gasteiger charge is -2.04. The molecular weight excluding hydrogens is 244 g/mol. The third kappa shape index (κ3) is 4.58. The summed E-state index contributed by atoms with van der Waals surface area (Å²) in [5, 5.41) is 11.8. The summed E-state index contributed by atoms with van der Waals surface area (Å²) in [4.78, 5) is 4.19. The molecule has 0 fully saturated rings. The fourth-order valence-electron chi connectivity index (χ4n) is 1.11. The summed E-state index contributed by atoms with van der Waals surface area (Å²) in [6.45, 7) is 1.20. The molecule has 0 saturated heterocycles. The van der Waals surface area contributed by atoms with E-state index in [4.69, 9.17) is 5.11 Å². The Morgan fingerprint density at radius 1 is 1.29 bits per heavy atom. The topological polar surface area (TPSA) is 45.1 Å². The van der Waals surface area contributed by atoms with Crippen LogP contribution in [-0.2, 0) is 0 Å². The number of halogens is 1. The molecule has 0 radical (unpaired) electrons. The van der Waals surface area contributed by atoms with Gasteiger partial charge in [-0.1, -0.05) is 0 Å². The maximum atomic E-state index is 8.58. The molecule has 0 atom stereocenters. The molecule has 4 heteroatoms. The Morgan fingerprint density at radius 2 is 2.14 bits per heavy atom. The first-order valence-electron chi connectivity index (χ1n) is 4.79. The largest absolute Gasteiger partial charge is 0.396 e. The minimum Gasteiger partial charge on any atom is -0.396 e. The van der Waals surface area contributed by atoms with Crippen molar-refractivity contribution in [3.05, 3.63) is 22.8 Å². The van der Waals surface area contributed by atoms with Crippen molar-refractivity contribution in [2.24, 2.45) is 0 Å². The summed E-state index contributed by atoms with van der Waals surface area (Å²) >= 11 is 3.33. The summed E-state index contributed by atoms with van der Waals surface area (Å²) in [6.07, 6.45) is 4.78. The van der Waals surface area contributed by atoms with Crippen molar-refractivity contribution in [2.75, 3.05) is 18.5 Å². The second-order valence-corrected chi connectivity index (χ2v) is 3.99. The van der Waals surface area contributed by atoms with E-state index in [0.29, 0.717) is 0 Å². The molecule has 0 aliphatic rings. The molecule has 3 nitrogen and oxygen atoms in total. The Hall–Kier alpha value is -0.610. The van der Waals surface area contributed by atoms with Crippen molar-refractivity contribution in [3.63, 3.8) is 0 Å². The van der Waals surface area contributed by atoms with E-state index >= 15 is 0 Å². The highest BCUT2D eigenvalue weighted by molar-refractivity contribution is 9.10. The van der Waals surface area contributed by atoms with Crippen molar-refractivity contribution in [1.82, 2.24) is 4.98 Å². The van der Waals surface area contributed by atoms with Crippen molar-refractivity contribution < 1.29 is 5.11 Å². The van der Waals surface area contributed by atoms with Gasteiger partial charge in [0, 0.05) is 23.8 Å². The number of nitrogens with one attached hydrogen (secondary N) is 1. The molecule has 14 heavy (non-hydrogen) atoms. The maximum absolute atomic E-state index is 8.58. The van der Waals surface area contributed by atoms with E-state index in [1.807, 2.05) is 12.1 Å². The lowest BCUT2D eigenvalue weighted by atomic mass is 10.2. The summed E-state index contributed by atoms with van der Waals surface area (Å²) < 4.78 is 0.989. The van der Waals surface area contributed by atoms with E-state index < -0.39 is 0 Å². The molecule has 0 spiro atoms. The second kappa shape index (κ2) is 6.79. The fourth-order valence-corrected chi connectivity index (χ4v) is 1.34. The Labute approximate surface area is 92.7 Å². The second-order valence-electron chi connectivity index (χ2n) is 3.07. The van der Waals surface area contributed by atoms with E-state index in [1.54, 1.807) is 6.20 Å². The minimum atomic E-state index is 0.288. The van der Waals surface area contributed by atoms with Crippen LogP contribution in [0.2, 0.25) is 0 Å². The molecule has 1 rings (SSSR count). The molecule has 0 amide bonds. The predicted molar refractivity (Wildman–Crippen MR) is 61.4 cm³/mol. The SMILES string of the molecule is OCCCCCNc1ccc(Br)cn1. The number of rotatable bonds is 6. The Kier molecular flexibility index (Phi) is 5.56. The fraction of sp³-hybridized carbons (Fsp3) is 0.500. The first kappa shape index (κ1) is 11.5. The number of anilines is 1. The first-order valence-corrected chi connectivity index (χ1v) is 5.58. The van der Waals surface area contributed by atoms with Gasteiger partial charge in [-0.2, -0.15) is 0 Å². The van der Waals surface area contributed by atoms with E-state index in [-0.39, 0.29) is 6.61 Å². The molecule has 0 unspecified atom stereocenters. The van der Waals surface area contributed by atoms with E-state index in [0.717, 1.165) is 36.1 Å². The van der Waals surface area contributed by atoms with Crippen molar-refractivity contribution in [2.45, 2.75) is 19.3 Å². The normalized spacial score (nSPS) is 10.1. The van der Waals surface area contributed by atoms with Crippen LogP contribution >= 0.6 is 15.9 Å². The maximum Gasteiger partial charge on any atom is 0.125 e. The Balaban J connectivity index is 2.15. The number of hydrogen-bond donors (Lipinski definition) is 2. The van der Waals surface area contributed by atoms with Gasteiger partial charge in [-0.05, 0) is 47.3 Å². The van der Waals surface area contributed by atoms with Gasteiger partial charge in [0.1, 0.15) is 5.82 Å². The molecule has 0 bridgehead atoms. The predicted octanol–water partition coefficient (Wildman–Crippen LogP) is 2.42. The van der Waals surface area contributed by atoms with Crippen LogP contribution in [0.1, 0.15) is 19.3 Å². The van der Waals surface area contributed by atoms with Crippen LogP contribution in [0.15, 0.2) is 22.8 Å². The number of pyridine rings is 1. The standard InChI is InChI=1S/C10H15BrN2O/c11-9-4-5-10(13-8-9)12-6-2-1-3-7-14/h4-5,8,14H,1-3,6-7H2,(H,12,13). The van der Waals surface area contributed by atoms with Crippen LogP contribution in [0.4, 0.5) is 5.82 Å². The highest BCUT2D eigenvalue weighted by Gasteiger charge is 1.92. The monoisotopic (exact) mass is 258 g/mol. The highest BCUT2D eigenvalue weighted by Crippen LogP contribution is 2.10. The number of unbranched alkanes of at least 4 members (excludes halogenated alkanes) is 2. The van der Waals surface area contributed by atoms with Crippen LogP contribution in [0, 0.1) is 0 Å². The van der Waals surface area contributed by atoms with Crippen molar-refractivity contribution >= 4 is 21.7 Å². The Bertz CT molecular complexity index is 251. The zero-order valence-corrected chi connectivity index (χ0v) is 9.63. The van der Waals surface area contributed by atoms with Gasteiger partial charge in [0.05, 0.1) is 0 Å². The number of aromatic nitrogens is 1. The van der Waals surface area contributed by atoms with Gasteiger partial charge < -0.3 is 10.4 Å². The molecule has 1 heterocycles. The quantitative estimate of drug-likeness (QED) is 0.771. The molecule has 1 aromatic rings. The first-order chi connectivity index (χ1) is 6.83. The smallest absolute Gasteiger partial charge is 0.125 e. The molecule has 1 aromatic heterocycles. The van der Waals surface area contributed by atoms with Gasteiger partial charge >= 0.3 is 0 Å². The van der Waals surface area contributed by atoms with Gasteiger partial charge in [-0.3, -0.25) is 0 Å². The number of aliphatic hydroxyl groups excluding tert-OH is 1. The summed E-state index contributed by atoms with van der Waals surface area (Å²) in [6, 6.07) is 3.90. The van der Waals surface area contributed by atoms with Crippen molar-refractivity contribution in [1.29, 1.82) is 0 Å². The number of nitrogens with zero attached hydrogens (tertiary/aromatic N) is 1. The van der Waals surface area contributed by atoms with Gasteiger partial charge in [-0.25, -0.2) is 4.98 Å². The van der Waals surface area contributed by atoms with Crippen LogP contribution in [0.25, 0.3) is 0 Å². The molecule has 2 N–H and O–H groups in total. The average Bonchev–Trinajstić information content (AvgIpc) is 2.21. The number of hydrogen-bond acceptors (Lipinski definition) is 3. The lowest BCUT2D eigenvalue weighted by molar-refractivity contribution is 0.283. The van der Waals surface area contributed by atoms with Crippen LogP contribution in [-0.4, -0.2) is 23.2 Å². The lowest BCUT2D eigenvalue weighted by Crippen LogP contribution is -2.03. The Morgan fingerprint density at radius 3 is 2.79 bits per heavy atom. The van der Waals surface area contributed by atoms with Crippen LogP contribution < -0.4 is 5.32 Å². The van der Waals surface area contributed by atoms with Crippen LogP contribution in [0.3, 0.4) is 0 Å². The van der Waals surface area contributed by atoms with Gasteiger partial charge in [0.2, 0.25) is 0 Å². The minimum absolute atomic E-state index is 0.288. The summed E-state index contributed by atoms with van der Waals surface area (Å²) in [5.74, 6) is 0.900. The zero-order chi connectivity index (χ0) is 10.2. The molecule has 78 valence electrons. The van der Waals surface area contributed by atoms with Gasteiger partial charge in [-0.15, -0.1) is 0 Å². The molecule has 0 saturated carbocycles. The molecule has 0 aromatic carbocycles. The summed E-state index contributed by atoms with van der Waals surface area (Å²) in [5.41, 5.74) is 0. The highest BCUT2D eigenvalue weighted by atomic mass is 79.9. The van der Waals surface area contributed by atoms with Gasteiger partial charge in [0.25, 0.3) is 0 Å². The summed E-state index contributed by atoms with van der Waals surface area (Å²) in [7, 11) is 0. The molecule has 0 aliphatic heterocycles. The van der Waals surface area contributed by atoms with E-state index in [9.17, 15) is 0 Å². The number of aliphatic hydroxyl groups is 1. The zero-order valence-electron chi connectivity index (χ0n) is 8.04. The van der Waals surface area contributed by atoms with Gasteiger partial charge in [0.15, 0.2) is 0 Å². The average molecular weight is 259 g/mol. The third-order valence-electron chi connectivity index (χ3n) is 1.87. The van der Waals surface area contributed by atoms with Crippen LogP contribution in [0.5, 0.6) is 0 Å².